The van der Waals surface area contributed by atoms with E-state index in [9.17, 15) is 9.59 Å². The van der Waals surface area contributed by atoms with Crippen LogP contribution in [0.5, 0.6) is 5.75 Å². The van der Waals surface area contributed by atoms with Crippen LogP contribution < -0.4 is 15.4 Å². The van der Waals surface area contributed by atoms with Crippen LogP contribution >= 0.6 is 0 Å². The van der Waals surface area contributed by atoms with E-state index in [1.54, 1.807) is 42.5 Å². The Bertz CT molecular complexity index is 756. The SMILES string of the molecule is CCCCOc1cccc(C(=O)Nc2cccc(NC(=O)C(C)C)c2)c1. The van der Waals surface area contributed by atoms with E-state index in [-0.39, 0.29) is 17.7 Å². The highest BCUT2D eigenvalue weighted by Crippen LogP contribution is 2.19. The number of unbranched alkanes of at least 4 members (excludes halogenated alkanes) is 1. The van der Waals surface area contributed by atoms with Crippen molar-refractivity contribution in [2.75, 3.05) is 17.2 Å². The van der Waals surface area contributed by atoms with E-state index in [0.717, 1.165) is 12.8 Å². The van der Waals surface area contributed by atoms with Gasteiger partial charge in [-0.15, -0.1) is 0 Å². The monoisotopic (exact) mass is 354 g/mol. The second-order valence-electron chi connectivity index (χ2n) is 6.41. The molecule has 0 unspecified atom stereocenters. The van der Waals surface area contributed by atoms with E-state index in [2.05, 4.69) is 17.6 Å². The van der Waals surface area contributed by atoms with E-state index < -0.39 is 0 Å². The van der Waals surface area contributed by atoms with Crippen LogP contribution in [0.3, 0.4) is 0 Å². The number of hydrogen-bond donors (Lipinski definition) is 2. The van der Waals surface area contributed by atoms with E-state index in [1.165, 1.54) is 0 Å². The lowest BCUT2D eigenvalue weighted by molar-refractivity contribution is -0.118. The minimum absolute atomic E-state index is 0.0644. The molecule has 0 heterocycles. The average molecular weight is 354 g/mol. The zero-order valence-electron chi connectivity index (χ0n) is 15.5. The fourth-order valence-corrected chi connectivity index (χ4v) is 2.23. The Balaban J connectivity index is 2.03. The van der Waals surface area contributed by atoms with Crippen molar-refractivity contribution in [3.05, 3.63) is 54.1 Å². The molecule has 0 aliphatic rings. The first-order valence-corrected chi connectivity index (χ1v) is 8.94. The van der Waals surface area contributed by atoms with Gasteiger partial charge in [0.05, 0.1) is 6.61 Å². The molecule has 0 fully saturated rings. The van der Waals surface area contributed by atoms with Crippen LogP contribution in [0.2, 0.25) is 0 Å². The van der Waals surface area contributed by atoms with Gasteiger partial charge in [0.15, 0.2) is 0 Å². The topological polar surface area (TPSA) is 67.4 Å². The third-order valence-corrected chi connectivity index (χ3v) is 3.78. The van der Waals surface area contributed by atoms with E-state index in [0.29, 0.717) is 29.3 Å². The molecule has 26 heavy (non-hydrogen) atoms. The maximum absolute atomic E-state index is 12.5. The van der Waals surface area contributed by atoms with E-state index in [1.807, 2.05) is 19.9 Å². The lowest BCUT2D eigenvalue weighted by atomic mass is 10.2. The van der Waals surface area contributed by atoms with Crippen molar-refractivity contribution in [3.8, 4) is 5.75 Å². The fraction of sp³-hybridized carbons (Fsp3) is 0.333. The number of carbonyl (C=O) groups excluding carboxylic acids is 2. The first-order chi connectivity index (χ1) is 12.5. The third kappa shape index (κ3) is 5.92. The van der Waals surface area contributed by atoms with Crippen molar-refractivity contribution < 1.29 is 14.3 Å². The van der Waals surface area contributed by atoms with Gasteiger partial charge in [-0.05, 0) is 42.8 Å². The summed E-state index contributed by atoms with van der Waals surface area (Å²) in [5.41, 5.74) is 1.79. The molecule has 138 valence electrons. The minimum Gasteiger partial charge on any atom is -0.494 e. The summed E-state index contributed by atoms with van der Waals surface area (Å²) in [6, 6.07) is 14.2. The van der Waals surface area contributed by atoms with Gasteiger partial charge in [-0.1, -0.05) is 39.3 Å². The number of amides is 2. The lowest BCUT2D eigenvalue weighted by Gasteiger charge is -2.11. The Morgan fingerprint density at radius 2 is 1.69 bits per heavy atom. The lowest BCUT2D eigenvalue weighted by Crippen LogP contribution is -2.18. The highest BCUT2D eigenvalue weighted by molar-refractivity contribution is 6.05. The molecule has 5 nitrogen and oxygen atoms in total. The van der Waals surface area contributed by atoms with Gasteiger partial charge in [-0.2, -0.15) is 0 Å². The Hall–Kier alpha value is -2.82. The number of nitrogens with one attached hydrogen (secondary N) is 2. The van der Waals surface area contributed by atoms with E-state index in [4.69, 9.17) is 4.74 Å². The minimum atomic E-state index is -0.224. The molecule has 2 N–H and O–H groups in total. The molecule has 0 aliphatic carbocycles. The number of carbonyl (C=O) groups is 2. The summed E-state index contributed by atoms with van der Waals surface area (Å²) in [5.74, 6) is 0.288. The van der Waals surface area contributed by atoms with Gasteiger partial charge in [0.25, 0.3) is 5.91 Å². The van der Waals surface area contributed by atoms with Crippen LogP contribution in [-0.4, -0.2) is 18.4 Å². The highest BCUT2D eigenvalue weighted by atomic mass is 16.5. The molecule has 2 aromatic carbocycles. The van der Waals surface area contributed by atoms with Gasteiger partial charge >= 0.3 is 0 Å². The molecule has 2 aromatic rings. The quantitative estimate of drug-likeness (QED) is 0.675. The van der Waals surface area contributed by atoms with E-state index >= 15 is 0 Å². The van der Waals surface area contributed by atoms with Crippen molar-refractivity contribution >= 4 is 23.2 Å². The van der Waals surface area contributed by atoms with Crippen LogP contribution in [0.15, 0.2) is 48.5 Å². The van der Waals surface area contributed by atoms with Crippen molar-refractivity contribution in [3.63, 3.8) is 0 Å². The zero-order valence-corrected chi connectivity index (χ0v) is 15.5. The summed E-state index contributed by atoms with van der Waals surface area (Å²) < 4.78 is 5.65. The number of benzene rings is 2. The smallest absolute Gasteiger partial charge is 0.255 e. The van der Waals surface area contributed by atoms with Gasteiger partial charge in [0.1, 0.15) is 5.75 Å². The molecule has 2 amide bonds. The normalized spacial score (nSPS) is 10.5. The number of ether oxygens (including phenoxy) is 1. The maximum atomic E-state index is 12.5. The summed E-state index contributed by atoms with van der Waals surface area (Å²) >= 11 is 0. The van der Waals surface area contributed by atoms with Gasteiger partial charge in [-0.3, -0.25) is 9.59 Å². The van der Waals surface area contributed by atoms with Gasteiger partial charge in [0, 0.05) is 22.9 Å². The molecular formula is C21H26N2O3. The molecule has 2 rings (SSSR count). The van der Waals surface area contributed by atoms with Crippen molar-refractivity contribution in [1.29, 1.82) is 0 Å². The summed E-state index contributed by atoms with van der Waals surface area (Å²) in [6.07, 6.45) is 2.04. The van der Waals surface area contributed by atoms with Crippen LogP contribution in [0.1, 0.15) is 44.0 Å². The second-order valence-corrected chi connectivity index (χ2v) is 6.41. The van der Waals surface area contributed by atoms with Crippen LogP contribution in [0, 0.1) is 5.92 Å². The average Bonchev–Trinajstić information content (AvgIpc) is 2.62. The summed E-state index contributed by atoms with van der Waals surface area (Å²) in [4.78, 5) is 24.3. The van der Waals surface area contributed by atoms with Gasteiger partial charge in [0.2, 0.25) is 5.91 Å². The molecule has 0 saturated carbocycles. The Kier molecular flexibility index (Phi) is 7.21. The largest absolute Gasteiger partial charge is 0.494 e. The highest BCUT2D eigenvalue weighted by Gasteiger charge is 2.10. The van der Waals surface area contributed by atoms with Gasteiger partial charge in [-0.25, -0.2) is 0 Å². The first-order valence-electron chi connectivity index (χ1n) is 8.94. The van der Waals surface area contributed by atoms with Crippen LogP contribution in [0.25, 0.3) is 0 Å². The number of anilines is 2. The molecule has 0 spiro atoms. The molecule has 0 bridgehead atoms. The maximum Gasteiger partial charge on any atom is 0.255 e. The predicted octanol–water partition coefficient (Wildman–Crippen LogP) is 4.71. The fourth-order valence-electron chi connectivity index (χ4n) is 2.23. The molecule has 0 radical (unpaired) electrons. The number of hydrogen-bond acceptors (Lipinski definition) is 3. The molecule has 0 aromatic heterocycles. The van der Waals surface area contributed by atoms with Crippen molar-refractivity contribution in [2.45, 2.75) is 33.6 Å². The zero-order chi connectivity index (χ0) is 18.9. The standard InChI is InChI=1S/C21H26N2O3/c1-4-5-12-26-19-11-6-8-16(13-19)21(25)23-18-10-7-9-17(14-18)22-20(24)15(2)3/h6-11,13-15H,4-5,12H2,1-3H3,(H,22,24)(H,23,25). The number of rotatable bonds is 8. The van der Waals surface area contributed by atoms with Crippen molar-refractivity contribution in [2.24, 2.45) is 5.92 Å². The summed E-state index contributed by atoms with van der Waals surface area (Å²) in [5, 5.41) is 5.67. The molecule has 0 aliphatic heterocycles. The Labute approximate surface area is 154 Å². The van der Waals surface area contributed by atoms with Crippen LogP contribution in [-0.2, 0) is 4.79 Å². The molecule has 0 atom stereocenters. The Morgan fingerprint density at radius 1 is 1.00 bits per heavy atom. The van der Waals surface area contributed by atoms with Crippen LogP contribution in [0.4, 0.5) is 11.4 Å². The molecule has 0 saturated heterocycles. The predicted molar refractivity (Wildman–Crippen MR) is 105 cm³/mol. The second kappa shape index (κ2) is 9.61. The molecular weight excluding hydrogens is 328 g/mol. The third-order valence-electron chi connectivity index (χ3n) is 3.78. The summed E-state index contributed by atoms with van der Waals surface area (Å²) in [7, 11) is 0. The summed E-state index contributed by atoms with van der Waals surface area (Å²) in [6.45, 7) is 6.40. The van der Waals surface area contributed by atoms with Crippen molar-refractivity contribution in [1.82, 2.24) is 0 Å². The van der Waals surface area contributed by atoms with Gasteiger partial charge < -0.3 is 15.4 Å². The first kappa shape index (κ1) is 19.5. The Morgan fingerprint density at radius 3 is 2.38 bits per heavy atom. The molecule has 5 heteroatoms.